The molecule has 1 aromatic carbocycles. The maximum atomic E-state index is 12.5. The monoisotopic (exact) mass is 184 g/mol. The highest BCUT2D eigenvalue weighted by Gasteiger charge is 2.08. The molecule has 4 heteroatoms. The van der Waals surface area contributed by atoms with Crippen molar-refractivity contribution in [1.82, 2.24) is 0 Å². The fraction of sp³-hybridized carbons (Fsp3) is 0.125. The van der Waals surface area contributed by atoms with Crippen molar-refractivity contribution in [2.24, 2.45) is 5.73 Å². The van der Waals surface area contributed by atoms with E-state index in [2.05, 4.69) is 0 Å². The van der Waals surface area contributed by atoms with Gasteiger partial charge in [-0.25, -0.2) is 4.39 Å². The Morgan fingerprint density at radius 1 is 1.58 bits per heavy atom. The van der Waals surface area contributed by atoms with Crippen LogP contribution in [0.25, 0.3) is 0 Å². The van der Waals surface area contributed by atoms with Crippen LogP contribution < -0.4 is 5.73 Å². The number of nitriles is 1. The Balaban J connectivity index is 3.11. The third-order valence-electron chi connectivity index (χ3n) is 1.44. The molecule has 1 rings (SSSR count). The summed E-state index contributed by atoms with van der Waals surface area (Å²) in [5.41, 5.74) is 5.82. The van der Waals surface area contributed by atoms with Crippen LogP contribution in [0.3, 0.4) is 0 Å². The Morgan fingerprint density at radius 3 is 2.75 bits per heavy atom. The van der Waals surface area contributed by atoms with Gasteiger partial charge in [0.15, 0.2) is 0 Å². The zero-order chi connectivity index (χ0) is 9.14. The summed E-state index contributed by atoms with van der Waals surface area (Å²) in [6.45, 7) is 0. The Labute approximate surface area is 74.4 Å². The van der Waals surface area contributed by atoms with E-state index < -0.39 is 11.9 Å². The minimum absolute atomic E-state index is 0.184. The van der Waals surface area contributed by atoms with E-state index in [1.54, 1.807) is 0 Å². The van der Waals surface area contributed by atoms with Gasteiger partial charge in [-0.05, 0) is 12.1 Å². The van der Waals surface area contributed by atoms with Gasteiger partial charge < -0.3 is 5.73 Å². The first kappa shape index (κ1) is 8.98. The predicted molar refractivity (Wildman–Crippen MR) is 44.0 cm³/mol. The molecule has 0 aliphatic heterocycles. The molecule has 0 saturated heterocycles. The summed E-state index contributed by atoms with van der Waals surface area (Å²) in [5.74, 6) is -0.436. The summed E-state index contributed by atoms with van der Waals surface area (Å²) < 4.78 is 12.5. The number of hydrogen-bond donors (Lipinski definition) is 1. The molecule has 0 aromatic heterocycles. The average Bonchev–Trinajstić information content (AvgIpc) is 2.03. The van der Waals surface area contributed by atoms with Crippen molar-refractivity contribution < 1.29 is 4.39 Å². The molecule has 0 saturated carbocycles. The van der Waals surface area contributed by atoms with Gasteiger partial charge in [0.1, 0.15) is 11.9 Å². The molecule has 0 spiro atoms. The maximum absolute atomic E-state index is 12.5. The number of nitrogens with two attached hydrogens (primary N) is 1. The molecule has 1 atom stereocenters. The normalized spacial score (nSPS) is 12.2. The van der Waals surface area contributed by atoms with Crippen molar-refractivity contribution in [1.29, 1.82) is 5.26 Å². The molecule has 0 aliphatic carbocycles. The van der Waals surface area contributed by atoms with Crippen LogP contribution in [0.4, 0.5) is 4.39 Å². The molecule has 0 radical (unpaired) electrons. The number of hydrogen-bond acceptors (Lipinski definition) is 2. The molecular weight excluding hydrogens is 179 g/mol. The minimum atomic E-state index is -0.793. The Morgan fingerprint density at radius 2 is 2.25 bits per heavy atom. The average molecular weight is 185 g/mol. The van der Waals surface area contributed by atoms with E-state index in [0.29, 0.717) is 5.56 Å². The van der Waals surface area contributed by atoms with Gasteiger partial charge in [-0.3, -0.25) is 0 Å². The summed E-state index contributed by atoms with van der Waals surface area (Å²) in [6, 6.07) is 4.78. The third kappa shape index (κ3) is 1.73. The zero-order valence-electron chi connectivity index (χ0n) is 6.09. The van der Waals surface area contributed by atoms with Crippen LogP contribution in [-0.2, 0) is 0 Å². The van der Waals surface area contributed by atoms with Gasteiger partial charge in [0.2, 0.25) is 0 Å². The quantitative estimate of drug-likeness (QED) is 0.726. The Kier molecular flexibility index (Phi) is 2.64. The fourth-order valence-corrected chi connectivity index (χ4v) is 1.11. The largest absolute Gasteiger partial charge is 0.312 e. The second-order valence-electron chi connectivity index (χ2n) is 2.27. The Bertz CT molecular complexity index is 332. The van der Waals surface area contributed by atoms with E-state index >= 15 is 0 Å². The first-order chi connectivity index (χ1) is 5.65. The summed E-state index contributed by atoms with van der Waals surface area (Å²) in [4.78, 5) is 0. The SMILES string of the molecule is N#CC(N)c1ccc(F)cc1Cl. The van der Waals surface area contributed by atoms with Crippen molar-refractivity contribution in [2.45, 2.75) is 6.04 Å². The second-order valence-corrected chi connectivity index (χ2v) is 2.68. The molecule has 0 aliphatic rings. The number of benzene rings is 1. The van der Waals surface area contributed by atoms with Gasteiger partial charge in [0.25, 0.3) is 0 Å². The van der Waals surface area contributed by atoms with Crippen molar-refractivity contribution in [2.75, 3.05) is 0 Å². The van der Waals surface area contributed by atoms with Gasteiger partial charge in [0, 0.05) is 10.6 Å². The third-order valence-corrected chi connectivity index (χ3v) is 1.76. The molecule has 12 heavy (non-hydrogen) atoms. The van der Waals surface area contributed by atoms with Crippen molar-refractivity contribution >= 4 is 11.6 Å². The summed E-state index contributed by atoms with van der Waals surface area (Å²) in [6.07, 6.45) is 0. The predicted octanol–water partition coefficient (Wildman–Crippen LogP) is 2.00. The van der Waals surface area contributed by atoms with Crippen molar-refractivity contribution in [3.8, 4) is 6.07 Å². The number of halogens is 2. The molecule has 2 N–H and O–H groups in total. The van der Waals surface area contributed by atoms with Crippen LogP contribution in [0.1, 0.15) is 11.6 Å². The van der Waals surface area contributed by atoms with Crippen molar-refractivity contribution in [3.63, 3.8) is 0 Å². The van der Waals surface area contributed by atoms with E-state index in [1.165, 1.54) is 12.1 Å². The fourth-order valence-electron chi connectivity index (χ4n) is 0.823. The molecule has 1 unspecified atom stereocenters. The van der Waals surface area contributed by atoms with Gasteiger partial charge in [-0.2, -0.15) is 5.26 Å². The molecule has 62 valence electrons. The topological polar surface area (TPSA) is 49.8 Å². The van der Waals surface area contributed by atoms with E-state index in [9.17, 15) is 4.39 Å². The minimum Gasteiger partial charge on any atom is -0.312 e. The lowest BCUT2D eigenvalue weighted by Crippen LogP contribution is -2.07. The highest BCUT2D eigenvalue weighted by Crippen LogP contribution is 2.21. The molecule has 2 nitrogen and oxygen atoms in total. The molecule has 0 bridgehead atoms. The highest BCUT2D eigenvalue weighted by molar-refractivity contribution is 6.31. The van der Waals surface area contributed by atoms with E-state index in [-0.39, 0.29) is 5.02 Å². The first-order valence-electron chi connectivity index (χ1n) is 3.25. The summed E-state index contributed by atoms with van der Waals surface area (Å²) >= 11 is 5.63. The summed E-state index contributed by atoms with van der Waals surface area (Å²) in [5, 5.41) is 8.64. The lowest BCUT2D eigenvalue weighted by molar-refractivity contribution is 0.626. The van der Waals surface area contributed by atoms with Gasteiger partial charge in [-0.1, -0.05) is 17.7 Å². The maximum Gasteiger partial charge on any atom is 0.124 e. The van der Waals surface area contributed by atoms with Crippen molar-refractivity contribution in [3.05, 3.63) is 34.6 Å². The second kappa shape index (κ2) is 3.53. The molecule has 0 heterocycles. The number of rotatable bonds is 1. The summed E-state index contributed by atoms with van der Waals surface area (Å²) in [7, 11) is 0. The number of nitrogens with zero attached hydrogens (tertiary/aromatic N) is 1. The van der Waals surface area contributed by atoms with Crippen LogP contribution in [-0.4, -0.2) is 0 Å². The highest BCUT2D eigenvalue weighted by atomic mass is 35.5. The van der Waals surface area contributed by atoms with E-state index in [4.69, 9.17) is 22.6 Å². The van der Waals surface area contributed by atoms with Crippen LogP contribution in [0.15, 0.2) is 18.2 Å². The van der Waals surface area contributed by atoms with Crippen LogP contribution >= 0.6 is 11.6 Å². The standard InChI is InChI=1S/C8H6ClFN2/c9-7-3-5(10)1-2-6(7)8(12)4-11/h1-3,8H,12H2. The van der Waals surface area contributed by atoms with Crippen LogP contribution in [0.5, 0.6) is 0 Å². The molecule has 0 amide bonds. The van der Waals surface area contributed by atoms with Crippen LogP contribution in [0.2, 0.25) is 5.02 Å². The van der Waals surface area contributed by atoms with E-state index in [0.717, 1.165) is 6.07 Å². The lowest BCUT2D eigenvalue weighted by atomic mass is 10.1. The van der Waals surface area contributed by atoms with Crippen LogP contribution in [0, 0.1) is 17.1 Å². The van der Waals surface area contributed by atoms with Gasteiger partial charge in [0.05, 0.1) is 6.07 Å². The Hall–Kier alpha value is -1.11. The molecule has 1 aromatic rings. The van der Waals surface area contributed by atoms with E-state index in [1.807, 2.05) is 6.07 Å². The first-order valence-corrected chi connectivity index (χ1v) is 3.63. The zero-order valence-corrected chi connectivity index (χ0v) is 6.85. The molecule has 0 fully saturated rings. The van der Waals surface area contributed by atoms with Gasteiger partial charge in [-0.15, -0.1) is 0 Å². The smallest absolute Gasteiger partial charge is 0.124 e. The lowest BCUT2D eigenvalue weighted by Gasteiger charge is -2.04. The molecular formula is C8H6ClFN2. The van der Waals surface area contributed by atoms with Gasteiger partial charge >= 0.3 is 0 Å².